The Morgan fingerprint density at radius 3 is 2.52 bits per heavy atom. The highest BCUT2D eigenvalue weighted by Gasteiger charge is 2.10. The summed E-state index contributed by atoms with van der Waals surface area (Å²) in [6, 6.07) is 9.33. The van der Waals surface area contributed by atoms with Crippen molar-refractivity contribution >= 4 is 23.2 Å². The Bertz CT molecular complexity index is 619. The van der Waals surface area contributed by atoms with Gasteiger partial charge in [-0.3, -0.25) is 4.90 Å². The number of morpholine rings is 1. The Labute approximate surface area is 146 Å². The monoisotopic (exact) mass is 354 g/mol. The zero-order valence-corrected chi connectivity index (χ0v) is 14.4. The highest BCUT2D eigenvalue weighted by molar-refractivity contribution is 6.35. The molecule has 1 saturated heterocycles. The standard InChI is InChI=1S/C17H20Cl2N2O2/c18-14-9-13(10-15(19)11-14)17-2-1-16(23-17)12-20-3-4-21-5-7-22-8-6-21/h1-2,9-11,20H,3-8,12H2. The number of rotatable bonds is 6. The second kappa shape index (κ2) is 8.18. The Balaban J connectivity index is 1.49. The van der Waals surface area contributed by atoms with Crippen molar-refractivity contribution in [2.45, 2.75) is 6.54 Å². The lowest BCUT2D eigenvalue weighted by Crippen LogP contribution is -2.40. The second-order valence-electron chi connectivity index (χ2n) is 5.55. The molecule has 0 bridgehead atoms. The number of halogens is 2. The third-order valence-electron chi connectivity index (χ3n) is 3.82. The lowest BCUT2D eigenvalue weighted by atomic mass is 10.2. The summed E-state index contributed by atoms with van der Waals surface area (Å²) in [6.45, 7) is 6.37. The lowest BCUT2D eigenvalue weighted by Gasteiger charge is -2.26. The molecule has 1 aliphatic heterocycles. The fourth-order valence-electron chi connectivity index (χ4n) is 2.60. The molecule has 0 aliphatic carbocycles. The normalized spacial score (nSPS) is 15.9. The zero-order valence-electron chi connectivity index (χ0n) is 12.9. The van der Waals surface area contributed by atoms with Crippen LogP contribution in [-0.4, -0.2) is 44.3 Å². The van der Waals surface area contributed by atoms with Gasteiger partial charge in [0, 0.05) is 41.8 Å². The molecule has 2 aromatic rings. The molecule has 23 heavy (non-hydrogen) atoms. The van der Waals surface area contributed by atoms with Gasteiger partial charge in [0.2, 0.25) is 0 Å². The van der Waals surface area contributed by atoms with E-state index in [0.29, 0.717) is 16.6 Å². The van der Waals surface area contributed by atoms with Gasteiger partial charge in [-0.25, -0.2) is 0 Å². The van der Waals surface area contributed by atoms with Gasteiger partial charge in [0.15, 0.2) is 0 Å². The summed E-state index contributed by atoms with van der Waals surface area (Å²) in [6.07, 6.45) is 0. The molecule has 0 amide bonds. The van der Waals surface area contributed by atoms with Crippen LogP contribution < -0.4 is 5.32 Å². The van der Waals surface area contributed by atoms with Gasteiger partial charge in [0.05, 0.1) is 19.8 Å². The fraction of sp³-hybridized carbons (Fsp3) is 0.412. The second-order valence-corrected chi connectivity index (χ2v) is 6.43. The number of nitrogens with one attached hydrogen (secondary N) is 1. The summed E-state index contributed by atoms with van der Waals surface area (Å²) in [5.74, 6) is 1.68. The van der Waals surface area contributed by atoms with Gasteiger partial charge in [-0.1, -0.05) is 23.2 Å². The van der Waals surface area contributed by atoms with E-state index in [0.717, 1.165) is 56.5 Å². The van der Waals surface area contributed by atoms with E-state index < -0.39 is 0 Å². The number of hydrogen-bond acceptors (Lipinski definition) is 4. The number of ether oxygens (including phenoxy) is 1. The average Bonchev–Trinajstić information content (AvgIpc) is 3.01. The Hall–Kier alpha value is -1.04. The number of furan rings is 1. The molecule has 2 heterocycles. The van der Waals surface area contributed by atoms with Crippen molar-refractivity contribution in [3.63, 3.8) is 0 Å². The molecule has 1 aromatic heterocycles. The Morgan fingerprint density at radius 1 is 1.04 bits per heavy atom. The van der Waals surface area contributed by atoms with Crippen LogP contribution in [0.2, 0.25) is 10.0 Å². The molecule has 3 rings (SSSR count). The molecule has 1 aromatic carbocycles. The fourth-order valence-corrected chi connectivity index (χ4v) is 3.12. The summed E-state index contributed by atoms with van der Waals surface area (Å²) in [5.41, 5.74) is 0.891. The zero-order chi connectivity index (χ0) is 16.1. The van der Waals surface area contributed by atoms with Crippen LogP contribution in [0.4, 0.5) is 0 Å². The van der Waals surface area contributed by atoms with Crippen molar-refractivity contribution in [1.82, 2.24) is 10.2 Å². The molecule has 6 heteroatoms. The molecule has 0 atom stereocenters. The first kappa shape index (κ1) is 16.8. The van der Waals surface area contributed by atoms with Crippen LogP contribution in [0.5, 0.6) is 0 Å². The first-order chi connectivity index (χ1) is 11.2. The van der Waals surface area contributed by atoms with Crippen LogP contribution in [0.25, 0.3) is 11.3 Å². The van der Waals surface area contributed by atoms with Crippen molar-refractivity contribution in [1.29, 1.82) is 0 Å². The van der Waals surface area contributed by atoms with Gasteiger partial charge >= 0.3 is 0 Å². The van der Waals surface area contributed by atoms with Crippen LogP contribution in [-0.2, 0) is 11.3 Å². The minimum absolute atomic E-state index is 0.606. The highest BCUT2D eigenvalue weighted by Crippen LogP contribution is 2.28. The number of hydrogen-bond donors (Lipinski definition) is 1. The van der Waals surface area contributed by atoms with Crippen molar-refractivity contribution in [3.8, 4) is 11.3 Å². The molecule has 0 saturated carbocycles. The van der Waals surface area contributed by atoms with Crippen LogP contribution in [0.3, 0.4) is 0 Å². The third kappa shape index (κ3) is 4.96. The van der Waals surface area contributed by atoms with Gasteiger partial charge in [-0.2, -0.15) is 0 Å². The van der Waals surface area contributed by atoms with Crippen LogP contribution in [0.1, 0.15) is 5.76 Å². The predicted molar refractivity (Wildman–Crippen MR) is 93.1 cm³/mol. The first-order valence-corrected chi connectivity index (χ1v) is 8.52. The van der Waals surface area contributed by atoms with E-state index >= 15 is 0 Å². The lowest BCUT2D eigenvalue weighted by molar-refractivity contribution is 0.0383. The van der Waals surface area contributed by atoms with E-state index in [2.05, 4.69) is 10.2 Å². The minimum Gasteiger partial charge on any atom is -0.460 e. The topological polar surface area (TPSA) is 37.6 Å². The maximum atomic E-state index is 6.03. The molecule has 0 spiro atoms. The molecule has 4 nitrogen and oxygen atoms in total. The maximum Gasteiger partial charge on any atom is 0.134 e. The summed E-state index contributed by atoms with van der Waals surface area (Å²) < 4.78 is 11.2. The van der Waals surface area contributed by atoms with Gasteiger partial charge in [-0.05, 0) is 30.3 Å². The molecule has 124 valence electrons. The molecular formula is C17H20Cl2N2O2. The van der Waals surface area contributed by atoms with Gasteiger partial charge in [0.25, 0.3) is 0 Å². The largest absolute Gasteiger partial charge is 0.460 e. The Kier molecular flexibility index (Phi) is 5.97. The average molecular weight is 355 g/mol. The van der Waals surface area contributed by atoms with E-state index in [1.807, 2.05) is 24.3 Å². The summed E-state index contributed by atoms with van der Waals surface area (Å²) >= 11 is 12.1. The summed E-state index contributed by atoms with van der Waals surface area (Å²) in [7, 11) is 0. The molecule has 0 unspecified atom stereocenters. The van der Waals surface area contributed by atoms with Gasteiger partial charge in [0.1, 0.15) is 11.5 Å². The van der Waals surface area contributed by atoms with Crippen LogP contribution >= 0.6 is 23.2 Å². The number of nitrogens with zero attached hydrogens (tertiary/aromatic N) is 1. The van der Waals surface area contributed by atoms with Gasteiger partial charge < -0.3 is 14.5 Å². The van der Waals surface area contributed by atoms with Crippen molar-refractivity contribution in [2.75, 3.05) is 39.4 Å². The predicted octanol–water partition coefficient (Wildman–Crippen LogP) is 3.68. The van der Waals surface area contributed by atoms with E-state index in [9.17, 15) is 0 Å². The first-order valence-electron chi connectivity index (χ1n) is 7.77. The summed E-state index contributed by atoms with van der Waals surface area (Å²) in [5, 5.41) is 4.62. The van der Waals surface area contributed by atoms with E-state index in [1.165, 1.54) is 0 Å². The maximum absolute atomic E-state index is 6.03. The third-order valence-corrected chi connectivity index (χ3v) is 4.25. The Morgan fingerprint density at radius 2 is 1.78 bits per heavy atom. The van der Waals surface area contributed by atoms with Crippen molar-refractivity contribution in [2.24, 2.45) is 0 Å². The molecule has 1 fully saturated rings. The minimum atomic E-state index is 0.606. The van der Waals surface area contributed by atoms with Crippen LogP contribution in [0.15, 0.2) is 34.7 Å². The van der Waals surface area contributed by atoms with E-state index in [4.69, 9.17) is 32.4 Å². The van der Waals surface area contributed by atoms with Gasteiger partial charge in [-0.15, -0.1) is 0 Å². The van der Waals surface area contributed by atoms with Crippen molar-refractivity contribution in [3.05, 3.63) is 46.1 Å². The number of benzene rings is 1. The summed E-state index contributed by atoms with van der Waals surface area (Å²) in [4.78, 5) is 2.40. The van der Waals surface area contributed by atoms with Crippen molar-refractivity contribution < 1.29 is 9.15 Å². The quantitative estimate of drug-likeness (QED) is 0.803. The molecule has 1 aliphatic rings. The van der Waals surface area contributed by atoms with Crippen LogP contribution in [0, 0.1) is 0 Å². The molecular weight excluding hydrogens is 335 g/mol. The molecule has 0 radical (unpaired) electrons. The van der Waals surface area contributed by atoms with E-state index in [-0.39, 0.29) is 0 Å². The molecule has 1 N–H and O–H groups in total. The smallest absolute Gasteiger partial charge is 0.134 e. The van der Waals surface area contributed by atoms with E-state index in [1.54, 1.807) is 6.07 Å². The SMILES string of the molecule is Clc1cc(Cl)cc(-c2ccc(CNCCN3CCOCC3)o2)c1. The highest BCUT2D eigenvalue weighted by atomic mass is 35.5.